The summed E-state index contributed by atoms with van der Waals surface area (Å²) in [5.41, 5.74) is 2.22. The van der Waals surface area contributed by atoms with Gasteiger partial charge in [-0.05, 0) is 44.4 Å². The highest BCUT2D eigenvalue weighted by Crippen LogP contribution is 2.31. The Morgan fingerprint density at radius 2 is 2.15 bits per heavy atom. The lowest BCUT2D eigenvalue weighted by atomic mass is 9.96. The minimum absolute atomic E-state index is 0.136. The third-order valence-corrected chi connectivity index (χ3v) is 5.59. The minimum atomic E-state index is 0.136. The van der Waals surface area contributed by atoms with Crippen molar-refractivity contribution in [1.29, 1.82) is 0 Å². The summed E-state index contributed by atoms with van der Waals surface area (Å²) in [4.78, 5) is 15.1. The summed E-state index contributed by atoms with van der Waals surface area (Å²) in [6.45, 7) is 2.95. The molecule has 1 aromatic heterocycles. The standard InChI is InChI=1S/C21H28N4O2/c1-27-20-7-3-2-5-17(20)14-24(18-8-9-18)21(26)15-25-19(10-12-23-25)16-6-4-11-22-13-16/h2-3,5,7,10,12,16,18,22H,4,6,8-9,11,13-15H2,1H3. The lowest BCUT2D eigenvalue weighted by Gasteiger charge is -2.26. The smallest absolute Gasteiger partial charge is 0.244 e. The van der Waals surface area contributed by atoms with Crippen LogP contribution in [0.1, 0.15) is 42.9 Å². The van der Waals surface area contributed by atoms with Gasteiger partial charge >= 0.3 is 0 Å². The van der Waals surface area contributed by atoms with Crippen LogP contribution in [0, 0.1) is 0 Å². The fraction of sp³-hybridized carbons (Fsp3) is 0.524. The summed E-state index contributed by atoms with van der Waals surface area (Å²) in [5, 5.41) is 7.90. The maximum Gasteiger partial charge on any atom is 0.244 e. The lowest BCUT2D eigenvalue weighted by molar-refractivity contribution is -0.133. The third-order valence-electron chi connectivity index (χ3n) is 5.59. The van der Waals surface area contributed by atoms with E-state index in [2.05, 4.69) is 16.5 Å². The molecule has 2 heterocycles. The molecule has 1 N–H and O–H groups in total. The molecule has 4 rings (SSSR count). The van der Waals surface area contributed by atoms with Gasteiger partial charge in [0.2, 0.25) is 5.91 Å². The van der Waals surface area contributed by atoms with Crippen molar-refractivity contribution in [2.24, 2.45) is 0 Å². The molecule has 27 heavy (non-hydrogen) atoms. The predicted octanol–water partition coefficient (Wildman–Crippen LogP) is 2.55. The van der Waals surface area contributed by atoms with Gasteiger partial charge in [0.1, 0.15) is 12.3 Å². The number of ether oxygens (including phenoxy) is 1. The number of methoxy groups -OCH3 is 1. The van der Waals surface area contributed by atoms with E-state index in [1.54, 1.807) is 7.11 Å². The molecule has 1 saturated carbocycles. The van der Waals surface area contributed by atoms with Gasteiger partial charge in [-0.3, -0.25) is 9.48 Å². The number of benzene rings is 1. The topological polar surface area (TPSA) is 59.4 Å². The summed E-state index contributed by atoms with van der Waals surface area (Å²) in [7, 11) is 1.68. The fourth-order valence-corrected chi connectivity index (χ4v) is 3.97. The van der Waals surface area contributed by atoms with Crippen molar-refractivity contribution >= 4 is 5.91 Å². The summed E-state index contributed by atoms with van der Waals surface area (Å²) >= 11 is 0. The Hall–Kier alpha value is -2.34. The van der Waals surface area contributed by atoms with Crippen LogP contribution in [-0.4, -0.2) is 46.8 Å². The molecule has 6 heteroatoms. The first kappa shape index (κ1) is 18.0. The van der Waals surface area contributed by atoms with Gasteiger partial charge in [-0.1, -0.05) is 18.2 Å². The van der Waals surface area contributed by atoms with Crippen molar-refractivity contribution in [1.82, 2.24) is 20.0 Å². The monoisotopic (exact) mass is 368 g/mol. The van der Waals surface area contributed by atoms with Gasteiger partial charge in [-0.25, -0.2) is 0 Å². The molecule has 1 amide bonds. The normalized spacial score (nSPS) is 19.7. The van der Waals surface area contributed by atoms with E-state index in [1.165, 1.54) is 12.1 Å². The largest absolute Gasteiger partial charge is 0.496 e. The number of piperidine rings is 1. The maximum atomic E-state index is 13.1. The zero-order valence-electron chi connectivity index (χ0n) is 15.9. The summed E-state index contributed by atoms with van der Waals surface area (Å²) in [6.07, 6.45) is 6.31. The van der Waals surface area contributed by atoms with E-state index in [0.717, 1.165) is 43.7 Å². The second-order valence-electron chi connectivity index (χ2n) is 7.52. The number of carbonyl (C=O) groups excluding carboxylic acids is 1. The number of para-hydroxylation sites is 1. The second-order valence-corrected chi connectivity index (χ2v) is 7.52. The van der Waals surface area contributed by atoms with Crippen molar-refractivity contribution in [3.8, 4) is 5.75 Å². The highest BCUT2D eigenvalue weighted by Gasteiger charge is 2.33. The Bertz CT molecular complexity index is 778. The van der Waals surface area contributed by atoms with Gasteiger partial charge in [0, 0.05) is 42.5 Å². The number of nitrogens with zero attached hydrogens (tertiary/aromatic N) is 3. The highest BCUT2D eigenvalue weighted by atomic mass is 16.5. The number of hydrogen-bond acceptors (Lipinski definition) is 4. The molecule has 0 radical (unpaired) electrons. The average Bonchev–Trinajstić information content (AvgIpc) is 3.45. The number of nitrogens with one attached hydrogen (secondary N) is 1. The summed E-state index contributed by atoms with van der Waals surface area (Å²) in [5.74, 6) is 1.42. The van der Waals surface area contributed by atoms with Crippen LogP contribution < -0.4 is 10.1 Å². The second kappa shape index (κ2) is 8.13. The number of amides is 1. The molecule has 1 aliphatic carbocycles. The Labute approximate surface area is 160 Å². The average molecular weight is 368 g/mol. The molecule has 144 valence electrons. The van der Waals surface area contributed by atoms with Crippen molar-refractivity contribution in [2.75, 3.05) is 20.2 Å². The van der Waals surface area contributed by atoms with Crippen LogP contribution in [0.5, 0.6) is 5.75 Å². The first-order chi connectivity index (χ1) is 13.3. The van der Waals surface area contributed by atoms with Gasteiger partial charge in [0.25, 0.3) is 0 Å². The van der Waals surface area contributed by atoms with E-state index in [4.69, 9.17) is 4.74 Å². The van der Waals surface area contributed by atoms with Crippen LogP contribution in [0.15, 0.2) is 36.5 Å². The maximum absolute atomic E-state index is 13.1. The van der Waals surface area contributed by atoms with Crippen molar-refractivity contribution in [3.63, 3.8) is 0 Å². The fourth-order valence-electron chi connectivity index (χ4n) is 3.97. The first-order valence-electron chi connectivity index (χ1n) is 9.90. The Balaban J connectivity index is 1.48. The zero-order chi connectivity index (χ0) is 18.6. The van der Waals surface area contributed by atoms with Gasteiger partial charge < -0.3 is 15.0 Å². The molecule has 2 fully saturated rings. The first-order valence-corrected chi connectivity index (χ1v) is 9.90. The van der Waals surface area contributed by atoms with Gasteiger partial charge in [-0.2, -0.15) is 5.10 Å². The number of carbonyl (C=O) groups is 1. The van der Waals surface area contributed by atoms with Crippen LogP contribution in [0.3, 0.4) is 0 Å². The Morgan fingerprint density at radius 3 is 2.89 bits per heavy atom. The van der Waals surface area contributed by atoms with Crippen LogP contribution in [0.25, 0.3) is 0 Å². The molecular weight excluding hydrogens is 340 g/mol. The van der Waals surface area contributed by atoms with E-state index in [-0.39, 0.29) is 5.91 Å². The zero-order valence-corrected chi connectivity index (χ0v) is 15.9. The van der Waals surface area contributed by atoms with E-state index in [0.29, 0.717) is 25.0 Å². The number of hydrogen-bond donors (Lipinski definition) is 1. The molecule has 0 bridgehead atoms. The molecule has 1 aliphatic heterocycles. The molecular formula is C21H28N4O2. The molecule has 1 atom stereocenters. The highest BCUT2D eigenvalue weighted by molar-refractivity contribution is 5.76. The van der Waals surface area contributed by atoms with Gasteiger partial charge in [-0.15, -0.1) is 0 Å². The van der Waals surface area contributed by atoms with Crippen molar-refractivity contribution in [2.45, 2.75) is 50.7 Å². The molecule has 0 spiro atoms. The van der Waals surface area contributed by atoms with Crippen LogP contribution in [0.4, 0.5) is 0 Å². The number of rotatable bonds is 7. The van der Waals surface area contributed by atoms with Crippen molar-refractivity contribution in [3.05, 3.63) is 47.8 Å². The van der Waals surface area contributed by atoms with Crippen molar-refractivity contribution < 1.29 is 9.53 Å². The number of aromatic nitrogens is 2. The van der Waals surface area contributed by atoms with E-state index in [1.807, 2.05) is 40.0 Å². The Morgan fingerprint density at radius 1 is 1.30 bits per heavy atom. The molecule has 1 saturated heterocycles. The quantitative estimate of drug-likeness (QED) is 0.816. The van der Waals surface area contributed by atoms with Crippen LogP contribution in [0.2, 0.25) is 0 Å². The molecule has 6 nitrogen and oxygen atoms in total. The van der Waals surface area contributed by atoms with Gasteiger partial charge in [0.15, 0.2) is 0 Å². The lowest BCUT2D eigenvalue weighted by Crippen LogP contribution is -2.36. The molecule has 1 unspecified atom stereocenters. The van der Waals surface area contributed by atoms with Gasteiger partial charge in [0.05, 0.1) is 7.11 Å². The van der Waals surface area contributed by atoms with E-state index < -0.39 is 0 Å². The predicted molar refractivity (Wildman–Crippen MR) is 104 cm³/mol. The minimum Gasteiger partial charge on any atom is -0.496 e. The third kappa shape index (κ3) is 4.16. The van der Waals surface area contributed by atoms with Crippen LogP contribution in [-0.2, 0) is 17.9 Å². The van der Waals surface area contributed by atoms with E-state index in [9.17, 15) is 4.79 Å². The molecule has 2 aromatic rings. The SMILES string of the molecule is COc1ccccc1CN(C(=O)Cn1nccc1C1CCCNC1)C1CC1. The molecule has 1 aromatic carbocycles. The van der Waals surface area contributed by atoms with Crippen LogP contribution >= 0.6 is 0 Å². The Kier molecular flexibility index (Phi) is 5.43. The summed E-state index contributed by atoms with van der Waals surface area (Å²) < 4.78 is 7.37. The molecule has 2 aliphatic rings. The van der Waals surface area contributed by atoms with E-state index >= 15 is 0 Å². The summed E-state index contributed by atoms with van der Waals surface area (Å²) in [6, 6.07) is 10.3.